The lowest BCUT2D eigenvalue weighted by Gasteiger charge is -2.12. The molecule has 0 spiro atoms. The van der Waals surface area contributed by atoms with Crippen LogP contribution in [0.5, 0.6) is 11.5 Å². The summed E-state index contributed by atoms with van der Waals surface area (Å²) in [6, 6.07) is 9.93. The summed E-state index contributed by atoms with van der Waals surface area (Å²) >= 11 is 12.1. The minimum absolute atomic E-state index is 0.504. The number of halogens is 2. The molecule has 0 radical (unpaired) electrons. The summed E-state index contributed by atoms with van der Waals surface area (Å²) < 4.78 is 11.6. The molecule has 0 atom stereocenters. The number of alkyl halides is 1. The number of rotatable bonds is 9. The highest BCUT2D eigenvalue weighted by Gasteiger charge is 2.08. The van der Waals surface area contributed by atoms with E-state index in [-0.39, 0.29) is 0 Å². The largest absolute Gasteiger partial charge is 0.493 e. The maximum Gasteiger partial charge on any atom is 0.138 e. The fourth-order valence-electron chi connectivity index (χ4n) is 2.27. The van der Waals surface area contributed by atoms with Gasteiger partial charge in [0, 0.05) is 11.3 Å². The van der Waals surface area contributed by atoms with E-state index in [1.807, 2.05) is 30.3 Å². The Balaban J connectivity index is 2.05. The van der Waals surface area contributed by atoms with E-state index >= 15 is 0 Å². The predicted octanol–water partition coefficient (Wildman–Crippen LogP) is 6.32. The van der Waals surface area contributed by atoms with Gasteiger partial charge in [-0.05, 0) is 54.8 Å². The lowest BCUT2D eigenvalue weighted by atomic mass is 10.1. The summed E-state index contributed by atoms with van der Waals surface area (Å²) in [6.45, 7) is 5.64. The second kappa shape index (κ2) is 9.24. The van der Waals surface area contributed by atoms with E-state index < -0.39 is 0 Å². The van der Waals surface area contributed by atoms with Crippen LogP contribution in [-0.2, 0) is 0 Å². The lowest BCUT2D eigenvalue weighted by molar-refractivity contribution is 0.271. The summed E-state index contributed by atoms with van der Waals surface area (Å²) in [5.41, 5.74) is 0. The van der Waals surface area contributed by atoms with Gasteiger partial charge in [-0.25, -0.2) is 0 Å². The summed E-state index contributed by atoms with van der Waals surface area (Å²) in [7, 11) is 0. The number of fused-ring (bicyclic) bond motifs is 1. The molecule has 2 rings (SSSR count). The van der Waals surface area contributed by atoms with Crippen molar-refractivity contribution < 1.29 is 9.47 Å². The fraction of sp³-hybridized carbons (Fsp3) is 0.474. The summed E-state index contributed by atoms with van der Waals surface area (Å²) in [5, 5.41) is 2.71. The number of ether oxygens (including phenoxy) is 2. The van der Waals surface area contributed by atoms with E-state index in [4.69, 9.17) is 32.7 Å². The topological polar surface area (TPSA) is 18.5 Å². The first-order valence-electron chi connectivity index (χ1n) is 8.15. The minimum atomic E-state index is 0.504. The molecule has 0 bridgehead atoms. The van der Waals surface area contributed by atoms with Crippen molar-refractivity contribution in [3.63, 3.8) is 0 Å². The highest BCUT2D eigenvalue weighted by Crippen LogP contribution is 2.34. The molecule has 4 heteroatoms. The van der Waals surface area contributed by atoms with Crippen LogP contribution in [0.1, 0.15) is 33.1 Å². The van der Waals surface area contributed by atoms with Crippen molar-refractivity contribution in [2.75, 3.05) is 19.1 Å². The average Bonchev–Trinajstić information content (AvgIpc) is 2.54. The number of benzene rings is 2. The van der Waals surface area contributed by atoms with Crippen LogP contribution >= 0.6 is 23.2 Å². The Morgan fingerprint density at radius 2 is 1.83 bits per heavy atom. The Morgan fingerprint density at radius 3 is 2.57 bits per heavy atom. The molecule has 0 aliphatic rings. The van der Waals surface area contributed by atoms with Gasteiger partial charge in [0.05, 0.1) is 18.2 Å². The van der Waals surface area contributed by atoms with Gasteiger partial charge in [-0.2, -0.15) is 0 Å². The second-order valence-corrected chi connectivity index (χ2v) is 6.82. The molecular formula is C19H24Cl2O2. The fourth-order valence-corrected chi connectivity index (χ4v) is 2.75. The SMILES string of the molecule is CC(C)COc1ccc2c(Cl)c(OCCCCCCl)ccc2c1. The quantitative estimate of drug-likeness (QED) is 0.387. The maximum atomic E-state index is 6.47. The molecule has 0 N–H and O–H groups in total. The highest BCUT2D eigenvalue weighted by molar-refractivity contribution is 6.37. The van der Waals surface area contributed by atoms with Crippen molar-refractivity contribution in [2.45, 2.75) is 33.1 Å². The lowest BCUT2D eigenvalue weighted by Crippen LogP contribution is -2.04. The predicted molar refractivity (Wildman–Crippen MR) is 99.4 cm³/mol. The van der Waals surface area contributed by atoms with Crippen molar-refractivity contribution in [3.05, 3.63) is 35.4 Å². The second-order valence-electron chi connectivity index (χ2n) is 6.06. The zero-order valence-corrected chi connectivity index (χ0v) is 15.3. The molecule has 0 aliphatic carbocycles. The Morgan fingerprint density at radius 1 is 1.00 bits per heavy atom. The molecule has 2 aromatic rings. The Hall–Kier alpha value is -1.12. The van der Waals surface area contributed by atoms with Gasteiger partial charge < -0.3 is 9.47 Å². The van der Waals surface area contributed by atoms with Crippen LogP contribution in [0.25, 0.3) is 10.8 Å². The standard InChI is InChI=1S/C19H24Cl2O2/c1-14(2)13-23-16-7-8-17-15(12-16)6-9-18(19(17)21)22-11-5-3-4-10-20/h6-9,12,14H,3-5,10-11,13H2,1-2H3. The van der Waals surface area contributed by atoms with Crippen LogP contribution in [-0.4, -0.2) is 19.1 Å². The molecule has 0 fully saturated rings. The molecule has 0 aliphatic heterocycles. The van der Waals surface area contributed by atoms with Crippen molar-refractivity contribution >= 4 is 34.0 Å². The van der Waals surface area contributed by atoms with Crippen LogP contribution in [0.3, 0.4) is 0 Å². The zero-order valence-electron chi connectivity index (χ0n) is 13.8. The molecular weight excluding hydrogens is 331 g/mol. The Kier molecular flexibility index (Phi) is 7.32. The Labute approximate surface area is 148 Å². The molecule has 0 unspecified atom stereocenters. The van der Waals surface area contributed by atoms with Gasteiger partial charge in [-0.3, -0.25) is 0 Å². The van der Waals surface area contributed by atoms with Gasteiger partial charge in [0.2, 0.25) is 0 Å². The highest BCUT2D eigenvalue weighted by atomic mass is 35.5. The number of unbranched alkanes of at least 4 members (excludes halogenated alkanes) is 2. The third-order valence-electron chi connectivity index (χ3n) is 3.51. The van der Waals surface area contributed by atoms with Gasteiger partial charge in [0.25, 0.3) is 0 Å². The average molecular weight is 355 g/mol. The van der Waals surface area contributed by atoms with Crippen LogP contribution in [0.2, 0.25) is 5.02 Å². The first-order chi connectivity index (χ1) is 11.1. The normalized spacial score (nSPS) is 11.2. The van der Waals surface area contributed by atoms with E-state index in [1.54, 1.807) is 0 Å². The van der Waals surface area contributed by atoms with Crippen LogP contribution < -0.4 is 9.47 Å². The van der Waals surface area contributed by atoms with Gasteiger partial charge in [-0.1, -0.05) is 31.5 Å². The maximum absolute atomic E-state index is 6.47. The van der Waals surface area contributed by atoms with E-state index in [2.05, 4.69) is 13.8 Å². The van der Waals surface area contributed by atoms with Gasteiger partial charge in [0.15, 0.2) is 0 Å². The van der Waals surface area contributed by atoms with Crippen molar-refractivity contribution in [1.82, 2.24) is 0 Å². The first-order valence-corrected chi connectivity index (χ1v) is 9.07. The summed E-state index contributed by atoms with van der Waals surface area (Å²) in [4.78, 5) is 0. The van der Waals surface area contributed by atoms with Crippen LogP contribution in [0.4, 0.5) is 0 Å². The van der Waals surface area contributed by atoms with Crippen LogP contribution in [0, 0.1) is 5.92 Å². The van der Waals surface area contributed by atoms with E-state index in [1.165, 1.54) is 0 Å². The molecule has 0 heterocycles. The zero-order chi connectivity index (χ0) is 16.7. The summed E-state index contributed by atoms with van der Waals surface area (Å²) in [6.07, 6.45) is 3.09. The third kappa shape index (κ3) is 5.47. The smallest absolute Gasteiger partial charge is 0.138 e. The van der Waals surface area contributed by atoms with Gasteiger partial charge in [-0.15, -0.1) is 11.6 Å². The molecule has 2 nitrogen and oxygen atoms in total. The molecule has 2 aromatic carbocycles. The minimum Gasteiger partial charge on any atom is -0.493 e. The monoisotopic (exact) mass is 354 g/mol. The van der Waals surface area contributed by atoms with Crippen molar-refractivity contribution in [2.24, 2.45) is 5.92 Å². The van der Waals surface area contributed by atoms with Gasteiger partial charge in [0.1, 0.15) is 11.5 Å². The molecule has 0 amide bonds. The molecule has 23 heavy (non-hydrogen) atoms. The van der Waals surface area contributed by atoms with E-state index in [0.29, 0.717) is 30.0 Å². The molecule has 126 valence electrons. The Bertz CT molecular complexity index is 626. The van der Waals surface area contributed by atoms with E-state index in [9.17, 15) is 0 Å². The molecule has 0 saturated carbocycles. The molecule has 0 aromatic heterocycles. The van der Waals surface area contributed by atoms with Gasteiger partial charge >= 0.3 is 0 Å². The summed E-state index contributed by atoms with van der Waals surface area (Å²) in [5.74, 6) is 2.82. The molecule has 0 saturated heterocycles. The van der Waals surface area contributed by atoms with E-state index in [0.717, 1.165) is 41.5 Å². The van der Waals surface area contributed by atoms with Crippen molar-refractivity contribution in [3.8, 4) is 11.5 Å². The first kappa shape index (κ1) is 18.2. The number of hydrogen-bond donors (Lipinski definition) is 0. The van der Waals surface area contributed by atoms with Crippen LogP contribution in [0.15, 0.2) is 30.3 Å². The third-order valence-corrected chi connectivity index (χ3v) is 4.17. The van der Waals surface area contributed by atoms with Crippen molar-refractivity contribution in [1.29, 1.82) is 0 Å². The number of hydrogen-bond acceptors (Lipinski definition) is 2.